The molecule has 21 heavy (non-hydrogen) atoms. The van der Waals surface area contributed by atoms with Gasteiger partial charge in [0, 0.05) is 23.5 Å². The first-order valence-corrected chi connectivity index (χ1v) is 7.73. The van der Waals surface area contributed by atoms with Crippen LogP contribution in [0.4, 0.5) is 0 Å². The third-order valence-electron chi connectivity index (χ3n) is 3.94. The van der Waals surface area contributed by atoms with E-state index in [2.05, 4.69) is 46.8 Å². The lowest BCUT2D eigenvalue weighted by Crippen LogP contribution is -2.37. The van der Waals surface area contributed by atoms with Gasteiger partial charge in [-0.3, -0.25) is 4.79 Å². The molecule has 3 rings (SSSR count). The highest BCUT2D eigenvalue weighted by atomic mass is 79.9. The average molecular weight is 342 g/mol. The summed E-state index contributed by atoms with van der Waals surface area (Å²) in [5.41, 5.74) is 3.73. The predicted molar refractivity (Wildman–Crippen MR) is 88.0 cm³/mol. The van der Waals surface area contributed by atoms with Crippen LogP contribution >= 0.6 is 15.9 Å². The van der Waals surface area contributed by atoms with Crippen molar-refractivity contribution in [3.63, 3.8) is 0 Å². The van der Waals surface area contributed by atoms with Crippen molar-refractivity contribution < 1.29 is 4.79 Å². The topological polar surface area (TPSA) is 20.3 Å². The monoisotopic (exact) mass is 341 g/mol. The highest BCUT2D eigenvalue weighted by molar-refractivity contribution is 9.10. The van der Waals surface area contributed by atoms with Crippen molar-refractivity contribution in [3.8, 4) is 0 Å². The minimum absolute atomic E-state index is 0.00972. The number of amides is 1. The Morgan fingerprint density at radius 1 is 1.24 bits per heavy atom. The fraction of sp³-hybridized carbons (Fsp3) is 0.167. The van der Waals surface area contributed by atoms with Crippen LogP contribution in [0, 0.1) is 0 Å². The Balaban J connectivity index is 2.07. The Morgan fingerprint density at radius 3 is 2.71 bits per heavy atom. The van der Waals surface area contributed by atoms with E-state index in [-0.39, 0.29) is 11.8 Å². The molecule has 0 aromatic heterocycles. The fourth-order valence-electron chi connectivity index (χ4n) is 2.89. The summed E-state index contributed by atoms with van der Waals surface area (Å²) in [4.78, 5) is 13.9. The molecule has 0 spiro atoms. The number of nitrogens with zero attached hydrogens (tertiary/aromatic N) is 1. The SMILES string of the molecule is C=CC(=O)N1Cc2ccc(Br)cc2[C@@H](c2ccccc2)C1. The quantitative estimate of drug-likeness (QED) is 0.752. The van der Waals surface area contributed by atoms with Crippen molar-refractivity contribution in [3.05, 3.63) is 82.3 Å². The van der Waals surface area contributed by atoms with Crippen LogP contribution in [-0.2, 0) is 11.3 Å². The zero-order chi connectivity index (χ0) is 14.8. The molecule has 2 nitrogen and oxygen atoms in total. The number of hydrogen-bond acceptors (Lipinski definition) is 1. The van der Waals surface area contributed by atoms with Crippen LogP contribution < -0.4 is 0 Å². The van der Waals surface area contributed by atoms with Gasteiger partial charge in [-0.15, -0.1) is 0 Å². The second-order valence-corrected chi connectivity index (χ2v) is 6.14. The molecule has 1 amide bonds. The zero-order valence-electron chi connectivity index (χ0n) is 11.6. The summed E-state index contributed by atoms with van der Waals surface area (Å²) in [7, 11) is 0. The second kappa shape index (κ2) is 5.86. The van der Waals surface area contributed by atoms with Crippen LogP contribution in [-0.4, -0.2) is 17.4 Å². The number of rotatable bonds is 2. The standard InChI is InChI=1S/C18H16BrNO/c1-2-18(21)20-11-14-8-9-15(19)10-16(14)17(12-20)13-6-4-3-5-7-13/h2-10,17H,1,11-12H2/t17-/m1/s1. The lowest BCUT2D eigenvalue weighted by atomic mass is 9.84. The van der Waals surface area contributed by atoms with Crippen molar-refractivity contribution in [1.82, 2.24) is 4.90 Å². The number of carbonyl (C=O) groups is 1. The molecule has 0 bridgehead atoms. The summed E-state index contributed by atoms with van der Waals surface area (Å²) >= 11 is 3.55. The lowest BCUT2D eigenvalue weighted by Gasteiger charge is -2.34. The maximum Gasteiger partial charge on any atom is 0.246 e. The lowest BCUT2D eigenvalue weighted by molar-refractivity contribution is -0.127. The summed E-state index contributed by atoms with van der Waals surface area (Å²) < 4.78 is 1.07. The van der Waals surface area contributed by atoms with E-state index < -0.39 is 0 Å². The van der Waals surface area contributed by atoms with E-state index in [1.807, 2.05) is 29.2 Å². The molecule has 1 heterocycles. The molecular formula is C18H16BrNO. The van der Waals surface area contributed by atoms with E-state index in [0.717, 1.165) is 4.47 Å². The molecule has 1 aliphatic heterocycles. The van der Waals surface area contributed by atoms with Crippen LogP contribution in [0.2, 0.25) is 0 Å². The summed E-state index contributed by atoms with van der Waals surface area (Å²) in [6, 6.07) is 16.6. The Labute approximate surface area is 133 Å². The first-order valence-electron chi connectivity index (χ1n) is 6.93. The molecule has 2 aromatic carbocycles. The smallest absolute Gasteiger partial charge is 0.246 e. The molecule has 106 valence electrons. The first-order chi connectivity index (χ1) is 10.2. The molecule has 3 heteroatoms. The molecule has 0 unspecified atom stereocenters. The van der Waals surface area contributed by atoms with E-state index in [1.54, 1.807) is 0 Å². The Hall–Kier alpha value is -1.87. The van der Waals surface area contributed by atoms with Gasteiger partial charge in [-0.1, -0.05) is 58.9 Å². The first kappa shape index (κ1) is 14.1. The van der Waals surface area contributed by atoms with Crippen molar-refractivity contribution in [2.45, 2.75) is 12.5 Å². The number of benzene rings is 2. The fourth-order valence-corrected chi connectivity index (χ4v) is 3.27. The van der Waals surface area contributed by atoms with Crippen LogP contribution in [0.1, 0.15) is 22.6 Å². The number of fused-ring (bicyclic) bond motifs is 1. The van der Waals surface area contributed by atoms with Gasteiger partial charge < -0.3 is 4.90 Å². The van der Waals surface area contributed by atoms with Gasteiger partial charge in [-0.2, -0.15) is 0 Å². The van der Waals surface area contributed by atoms with E-state index in [0.29, 0.717) is 13.1 Å². The van der Waals surface area contributed by atoms with Gasteiger partial charge in [0.1, 0.15) is 0 Å². The van der Waals surface area contributed by atoms with Crippen LogP contribution in [0.3, 0.4) is 0 Å². The van der Waals surface area contributed by atoms with Gasteiger partial charge in [0.15, 0.2) is 0 Å². The normalized spacial score (nSPS) is 17.2. The molecule has 2 aromatic rings. The number of hydrogen-bond donors (Lipinski definition) is 0. The zero-order valence-corrected chi connectivity index (χ0v) is 13.2. The third-order valence-corrected chi connectivity index (χ3v) is 4.43. The summed E-state index contributed by atoms with van der Waals surface area (Å²) in [5.74, 6) is 0.195. The summed E-state index contributed by atoms with van der Waals surface area (Å²) in [6.45, 7) is 4.95. The minimum atomic E-state index is -0.00972. The molecule has 0 N–H and O–H groups in total. The average Bonchev–Trinajstić information content (AvgIpc) is 2.54. The predicted octanol–water partition coefficient (Wildman–Crippen LogP) is 4.11. The maximum atomic E-state index is 12.0. The van der Waals surface area contributed by atoms with Crippen LogP contribution in [0.5, 0.6) is 0 Å². The van der Waals surface area contributed by atoms with E-state index in [9.17, 15) is 4.79 Å². The number of carbonyl (C=O) groups excluding carboxylic acids is 1. The van der Waals surface area contributed by atoms with Gasteiger partial charge in [0.25, 0.3) is 0 Å². The maximum absolute atomic E-state index is 12.0. The molecule has 0 saturated heterocycles. The van der Waals surface area contributed by atoms with Gasteiger partial charge >= 0.3 is 0 Å². The second-order valence-electron chi connectivity index (χ2n) is 5.23. The molecule has 1 atom stereocenters. The van der Waals surface area contributed by atoms with Crippen LogP contribution in [0.25, 0.3) is 0 Å². The molecule has 0 fully saturated rings. The van der Waals surface area contributed by atoms with Crippen molar-refractivity contribution in [1.29, 1.82) is 0 Å². The molecular weight excluding hydrogens is 326 g/mol. The molecule has 1 aliphatic rings. The van der Waals surface area contributed by atoms with Gasteiger partial charge in [0.2, 0.25) is 5.91 Å². The molecule has 0 radical (unpaired) electrons. The third kappa shape index (κ3) is 2.79. The van der Waals surface area contributed by atoms with Gasteiger partial charge in [-0.05, 0) is 34.9 Å². The molecule has 0 saturated carbocycles. The van der Waals surface area contributed by atoms with E-state index >= 15 is 0 Å². The Bertz CT molecular complexity index is 681. The van der Waals surface area contributed by atoms with Crippen molar-refractivity contribution in [2.75, 3.05) is 6.54 Å². The van der Waals surface area contributed by atoms with Crippen molar-refractivity contribution in [2.24, 2.45) is 0 Å². The Morgan fingerprint density at radius 2 is 2.00 bits per heavy atom. The minimum Gasteiger partial charge on any atom is -0.334 e. The molecule has 0 aliphatic carbocycles. The largest absolute Gasteiger partial charge is 0.334 e. The highest BCUT2D eigenvalue weighted by Crippen LogP contribution is 2.35. The van der Waals surface area contributed by atoms with Gasteiger partial charge in [0.05, 0.1) is 0 Å². The Kier molecular flexibility index (Phi) is 3.93. The summed E-state index contributed by atoms with van der Waals surface area (Å²) in [6.07, 6.45) is 1.39. The van der Waals surface area contributed by atoms with Gasteiger partial charge in [-0.25, -0.2) is 0 Å². The van der Waals surface area contributed by atoms with E-state index in [1.165, 1.54) is 22.8 Å². The highest BCUT2D eigenvalue weighted by Gasteiger charge is 2.28. The number of halogens is 1. The summed E-state index contributed by atoms with van der Waals surface area (Å²) in [5, 5.41) is 0. The van der Waals surface area contributed by atoms with Crippen molar-refractivity contribution >= 4 is 21.8 Å². The van der Waals surface area contributed by atoms with E-state index in [4.69, 9.17) is 0 Å². The van der Waals surface area contributed by atoms with Crippen LogP contribution in [0.15, 0.2) is 65.7 Å².